The van der Waals surface area contributed by atoms with Gasteiger partial charge in [-0.1, -0.05) is 32.1 Å². The van der Waals surface area contributed by atoms with Gasteiger partial charge in [-0.15, -0.1) is 0 Å². The van der Waals surface area contributed by atoms with Gasteiger partial charge in [0.05, 0.1) is 5.92 Å². The summed E-state index contributed by atoms with van der Waals surface area (Å²) in [6.07, 6.45) is 3.57. The van der Waals surface area contributed by atoms with Gasteiger partial charge in [-0.2, -0.15) is 0 Å². The first kappa shape index (κ1) is 13.7. The second kappa shape index (κ2) is 5.47. The molecule has 1 aliphatic carbocycles. The number of rotatable bonds is 3. The Morgan fingerprint density at radius 1 is 1.32 bits per heavy atom. The lowest BCUT2D eigenvalue weighted by Crippen LogP contribution is -2.30. The zero-order valence-corrected chi connectivity index (χ0v) is 11.3. The van der Waals surface area contributed by atoms with Crippen molar-refractivity contribution in [3.05, 3.63) is 35.9 Å². The number of aliphatic carboxylic acids is 1. The Morgan fingerprint density at radius 3 is 2.47 bits per heavy atom. The molecule has 0 amide bonds. The molecule has 1 aromatic rings. The van der Waals surface area contributed by atoms with E-state index in [9.17, 15) is 15.0 Å². The molecule has 1 aliphatic rings. The van der Waals surface area contributed by atoms with E-state index >= 15 is 0 Å². The third-order valence-electron chi connectivity index (χ3n) is 4.22. The molecule has 3 heteroatoms. The maximum atomic E-state index is 11.3. The number of aromatic hydroxyl groups is 1. The van der Waals surface area contributed by atoms with E-state index in [4.69, 9.17) is 0 Å². The Balaban J connectivity index is 2.34. The molecular formula is C16H20O3. The largest absolute Gasteiger partial charge is 0.508 e. The van der Waals surface area contributed by atoms with E-state index in [1.807, 2.05) is 19.1 Å². The Bertz CT molecular complexity index is 487. The van der Waals surface area contributed by atoms with Crippen molar-refractivity contribution < 1.29 is 15.0 Å². The fourth-order valence-electron chi connectivity index (χ4n) is 3.09. The Kier molecular flexibility index (Phi) is 3.93. The number of allylic oxidation sites excluding steroid dienone is 2. The van der Waals surface area contributed by atoms with Crippen molar-refractivity contribution in [3.8, 4) is 5.75 Å². The van der Waals surface area contributed by atoms with E-state index in [0.29, 0.717) is 6.42 Å². The number of carbonyl (C=O) groups is 1. The zero-order chi connectivity index (χ0) is 14.0. The molecule has 3 unspecified atom stereocenters. The van der Waals surface area contributed by atoms with Gasteiger partial charge in [0.2, 0.25) is 0 Å². The predicted molar refractivity (Wildman–Crippen MR) is 74.8 cm³/mol. The van der Waals surface area contributed by atoms with Crippen LogP contribution in [0.25, 0.3) is 5.57 Å². The minimum absolute atomic E-state index is 0.135. The summed E-state index contributed by atoms with van der Waals surface area (Å²) in [5.74, 6) is -0.335. The molecule has 1 aromatic carbocycles. The molecule has 0 aliphatic heterocycles. The Morgan fingerprint density at radius 2 is 1.95 bits per heavy atom. The van der Waals surface area contributed by atoms with Crippen molar-refractivity contribution in [2.45, 2.75) is 26.7 Å². The second-order valence-corrected chi connectivity index (χ2v) is 5.26. The molecule has 3 atom stereocenters. The molecular weight excluding hydrogens is 240 g/mol. The molecule has 0 fully saturated rings. The van der Waals surface area contributed by atoms with Crippen molar-refractivity contribution >= 4 is 11.5 Å². The fourth-order valence-corrected chi connectivity index (χ4v) is 3.09. The zero-order valence-electron chi connectivity index (χ0n) is 11.3. The molecule has 3 nitrogen and oxygen atoms in total. The van der Waals surface area contributed by atoms with Gasteiger partial charge in [0.1, 0.15) is 5.75 Å². The van der Waals surface area contributed by atoms with E-state index in [1.54, 1.807) is 12.1 Å². The summed E-state index contributed by atoms with van der Waals surface area (Å²) in [5, 5.41) is 18.6. The van der Waals surface area contributed by atoms with Crippen LogP contribution in [0.2, 0.25) is 0 Å². The summed E-state index contributed by atoms with van der Waals surface area (Å²) in [6, 6.07) is 7.16. The van der Waals surface area contributed by atoms with Gasteiger partial charge < -0.3 is 10.2 Å². The van der Waals surface area contributed by atoms with Crippen LogP contribution in [-0.4, -0.2) is 16.2 Å². The molecule has 102 valence electrons. The highest BCUT2D eigenvalue weighted by Crippen LogP contribution is 2.41. The van der Waals surface area contributed by atoms with Crippen LogP contribution in [0.5, 0.6) is 5.75 Å². The fraction of sp³-hybridized carbons (Fsp3) is 0.438. The smallest absolute Gasteiger partial charge is 0.307 e. The minimum atomic E-state index is -0.702. The molecule has 19 heavy (non-hydrogen) atoms. The number of hydrogen-bond donors (Lipinski definition) is 2. The number of hydrogen-bond acceptors (Lipinski definition) is 2. The number of carboxylic acids is 1. The van der Waals surface area contributed by atoms with Crippen molar-refractivity contribution in [2.24, 2.45) is 17.8 Å². The van der Waals surface area contributed by atoms with Crippen LogP contribution in [0, 0.1) is 17.8 Å². The lowest BCUT2D eigenvalue weighted by atomic mass is 9.70. The number of phenolic OH excluding ortho intramolecular Hbond substituents is 1. The first-order chi connectivity index (χ1) is 9.04. The normalized spacial score (nSPS) is 26.8. The van der Waals surface area contributed by atoms with Gasteiger partial charge in [-0.25, -0.2) is 0 Å². The predicted octanol–water partition coefficient (Wildman–Crippen LogP) is 3.54. The third kappa shape index (κ3) is 2.65. The minimum Gasteiger partial charge on any atom is -0.508 e. The first-order valence-electron chi connectivity index (χ1n) is 6.76. The molecule has 0 saturated heterocycles. The third-order valence-corrected chi connectivity index (χ3v) is 4.22. The highest BCUT2D eigenvalue weighted by molar-refractivity contribution is 5.75. The summed E-state index contributed by atoms with van der Waals surface area (Å²) in [5.41, 5.74) is 2.30. The Labute approximate surface area is 113 Å². The van der Waals surface area contributed by atoms with Crippen LogP contribution >= 0.6 is 0 Å². The van der Waals surface area contributed by atoms with E-state index in [0.717, 1.165) is 12.0 Å². The molecule has 0 spiro atoms. The molecule has 2 N–H and O–H groups in total. The van der Waals surface area contributed by atoms with Crippen molar-refractivity contribution in [1.82, 2.24) is 0 Å². The Hall–Kier alpha value is -1.77. The summed E-state index contributed by atoms with van der Waals surface area (Å²) < 4.78 is 0. The van der Waals surface area contributed by atoms with Gasteiger partial charge in [-0.3, -0.25) is 4.79 Å². The van der Waals surface area contributed by atoms with Crippen LogP contribution in [0.4, 0.5) is 0 Å². The van der Waals surface area contributed by atoms with E-state index < -0.39 is 5.97 Å². The van der Waals surface area contributed by atoms with Gasteiger partial charge in [0.15, 0.2) is 0 Å². The molecule has 0 saturated carbocycles. The van der Waals surface area contributed by atoms with Crippen LogP contribution in [0.3, 0.4) is 0 Å². The lowest BCUT2D eigenvalue weighted by Gasteiger charge is -2.34. The summed E-state index contributed by atoms with van der Waals surface area (Å²) >= 11 is 0. The van der Waals surface area contributed by atoms with Gasteiger partial charge >= 0.3 is 5.97 Å². The van der Waals surface area contributed by atoms with E-state index in [2.05, 4.69) is 13.0 Å². The number of phenols is 1. The molecule has 0 bridgehead atoms. The molecule has 0 heterocycles. The average Bonchev–Trinajstić information content (AvgIpc) is 2.38. The van der Waals surface area contributed by atoms with E-state index in [-0.39, 0.29) is 23.5 Å². The highest BCUT2D eigenvalue weighted by Gasteiger charge is 2.35. The first-order valence-corrected chi connectivity index (χ1v) is 6.76. The summed E-state index contributed by atoms with van der Waals surface area (Å²) in [7, 11) is 0. The van der Waals surface area contributed by atoms with Crippen LogP contribution in [-0.2, 0) is 4.79 Å². The topological polar surface area (TPSA) is 57.5 Å². The van der Waals surface area contributed by atoms with Crippen LogP contribution in [0.1, 0.15) is 32.3 Å². The average molecular weight is 260 g/mol. The molecule has 2 rings (SSSR count). The van der Waals surface area contributed by atoms with Gasteiger partial charge in [-0.05, 0) is 47.9 Å². The highest BCUT2D eigenvalue weighted by atomic mass is 16.4. The number of carboxylic acid groups (broad SMARTS) is 1. The summed E-state index contributed by atoms with van der Waals surface area (Å²) in [6.45, 7) is 4.13. The SMILES string of the molecule is CCC1C(c2ccc(O)cc2)=CCC(C(=O)O)C1C. The monoisotopic (exact) mass is 260 g/mol. The van der Waals surface area contributed by atoms with Gasteiger partial charge in [0.25, 0.3) is 0 Å². The standard InChI is InChI=1S/C16H20O3/c1-3-13-10(2)14(16(18)19)8-9-15(13)11-4-6-12(17)7-5-11/h4-7,9-10,13-14,17H,3,8H2,1-2H3,(H,18,19). The molecule has 0 aromatic heterocycles. The molecule has 0 radical (unpaired) electrons. The lowest BCUT2D eigenvalue weighted by molar-refractivity contribution is -0.144. The van der Waals surface area contributed by atoms with Gasteiger partial charge in [0, 0.05) is 0 Å². The van der Waals surface area contributed by atoms with Crippen molar-refractivity contribution in [2.75, 3.05) is 0 Å². The quantitative estimate of drug-likeness (QED) is 0.874. The maximum Gasteiger partial charge on any atom is 0.307 e. The van der Waals surface area contributed by atoms with Crippen molar-refractivity contribution in [3.63, 3.8) is 0 Å². The number of benzene rings is 1. The summed E-state index contributed by atoms with van der Waals surface area (Å²) in [4.78, 5) is 11.3. The maximum absolute atomic E-state index is 11.3. The van der Waals surface area contributed by atoms with Crippen molar-refractivity contribution in [1.29, 1.82) is 0 Å². The van der Waals surface area contributed by atoms with Crippen LogP contribution in [0.15, 0.2) is 30.3 Å². The van der Waals surface area contributed by atoms with E-state index in [1.165, 1.54) is 5.57 Å². The van der Waals surface area contributed by atoms with Crippen LogP contribution < -0.4 is 0 Å². The second-order valence-electron chi connectivity index (χ2n) is 5.26.